The Morgan fingerprint density at radius 3 is 2.43 bits per heavy atom. The van der Waals surface area contributed by atoms with Gasteiger partial charge in [-0.2, -0.15) is 13.2 Å². The zero-order chi connectivity index (χ0) is 17.0. The second-order valence-electron chi connectivity index (χ2n) is 5.49. The highest BCUT2D eigenvalue weighted by Crippen LogP contribution is 2.29. The van der Waals surface area contributed by atoms with Gasteiger partial charge in [0.05, 0.1) is 19.1 Å². The number of carbonyl (C=O) groups excluding carboxylic acids is 2. The van der Waals surface area contributed by atoms with E-state index >= 15 is 0 Å². The average Bonchev–Trinajstić information content (AvgIpc) is 2.53. The lowest BCUT2D eigenvalue weighted by Crippen LogP contribution is -2.49. The van der Waals surface area contributed by atoms with Crippen LogP contribution in [0.4, 0.5) is 13.2 Å². The maximum Gasteiger partial charge on any atom is 0.416 e. The summed E-state index contributed by atoms with van der Waals surface area (Å²) in [6.45, 7) is 0.458. The van der Waals surface area contributed by atoms with Crippen molar-refractivity contribution in [3.63, 3.8) is 0 Å². The van der Waals surface area contributed by atoms with Gasteiger partial charge in [-0.25, -0.2) is 4.79 Å². The standard InChI is InChI=1S/C16H18F3NO3/c1-23-15(22)13-4-2-3-9-20(13)14(21)10-11-5-7-12(8-6-11)16(17,18)19/h5-8,13H,2-4,9-10H2,1H3. The number of halogens is 3. The van der Waals surface area contributed by atoms with E-state index in [2.05, 4.69) is 0 Å². The Kier molecular flexibility index (Phi) is 5.28. The molecule has 1 fully saturated rings. The van der Waals surface area contributed by atoms with Gasteiger partial charge < -0.3 is 9.64 Å². The highest BCUT2D eigenvalue weighted by atomic mass is 19.4. The summed E-state index contributed by atoms with van der Waals surface area (Å²) in [5.41, 5.74) is -0.267. The minimum atomic E-state index is -4.40. The van der Waals surface area contributed by atoms with Crippen LogP contribution in [0.15, 0.2) is 24.3 Å². The molecule has 0 saturated carbocycles. The van der Waals surface area contributed by atoms with Crippen molar-refractivity contribution in [2.24, 2.45) is 0 Å². The normalized spacial score (nSPS) is 18.6. The zero-order valence-corrected chi connectivity index (χ0v) is 12.7. The van der Waals surface area contributed by atoms with E-state index in [4.69, 9.17) is 4.74 Å². The van der Waals surface area contributed by atoms with Crippen LogP contribution < -0.4 is 0 Å². The zero-order valence-electron chi connectivity index (χ0n) is 12.7. The van der Waals surface area contributed by atoms with Crippen LogP contribution >= 0.6 is 0 Å². The van der Waals surface area contributed by atoms with Gasteiger partial charge >= 0.3 is 12.1 Å². The van der Waals surface area contributed by atoms with Gasteiger partial charge in [0.1, 0.15) is 6.04 Å². The van der Waals surface area contributed by atoms with Crippen LogP contribution in [0.5, 0.6) is 0 Å². The molecule has 0 radical (unpaired) electrons. The van der Waals surface area contributed by atoms with E-state index in [9.17, 15) is 22.8 Å². The molecule has 0 aromatic heterocycles. The Morgan fingerprint density at radius 2 is 1.87 bits per heavy atom. The molecule has 1 aromatic rings. The fraction of sp³-hybridized carbons (Fsp3) is 0.500. The van der Waals surface area contributed by atoms with Gasteiger partial charge in [-0.1, -0.05) is 12.1 Å². The summed E-state index contributed by atoms with van der Waals surface area (Å²) in [5, 5.41) is 0. The Labute approximate surface area is 132 Å². The third kappa shape index (κ3) is 4.24. The summed E-state index contributed by atoms with van der Waals surface area (Å²) in [5.74, 6) is -0.731. The van der Waals surface area contributed by atoms with Crippen molar-refractivity contribution in [2.75, 3.05) is 13.7 Å². The van der Waals surface area contributed by atoms with Gasteiger partial charge in [-0.3, -0.25) is 4.79 Å². The minimum absolute atomic E-state index is 0.0361. The first kappa shape index (κ1) is 17.3. The fourth-order valence-corrected chi connectivity index (χ4v) is 2.70. The second-order valence-corrected chi connectivity index (χ2v) is 5.49. The molecule has 1 saturated heterocycles. The molecule has 4 nitrogen and oxygen atoms in total. The van der Waals surface area contributed by atoms with Crippen molar-refractivity contribution in [3.8, 4) is 0 Å². The lowest BCUT2D eigenvalue weighted by atomic mass is 10.0. The molecule has 0 bridgehead atoms. The number of amides is 1. The first-order chi connectivity index (χ1) is 10.8. The van der Waals surface area contributed by atoms with Gasteiger partial charge in [0.15, 0.2) is 0 Å². The van der Waals surface area contributed by atoms with Crippen molar-refractivity contribution >= 4 is 11.9 Å². The van der Waals surface area contributed by atoms with E-state index in [1.165, 1.54) is 24.1 Å². The maximum atomic E-state index is 12.5. The smallest absolute Gasteiger partial charge is 0.416 e. The van der Waals surface area contributed by atoms with Crippen LogP contribution in [0.25, 0.3) is 0 Å². The molecule has 126 valence electrons. The van der Waals surface area contributed by atoms with E-state index in [0.717, 1.165) is 25.0 Å². The Morgan fingerprint density at radius 1 is 1.22 bits per heavy atom. The number of methoxy groups -OCH3 is 1. The molecule has 1 aromatic carbocycles. The quantitative estimate of drug-likeness (QED) is 0.801. The molecule has 0 spiro atoms. The predicted octanol–water partition coefficient (Wildman–Crippen LogP) is 2.80. The molecule has 1 heterocycles. The number of likely N-dealkylation sites (tertiary alicyclic amines) is 1. The van der Waals surface area contributed by atoms with Crippen LogP contribution in [-0.2, 0) is 26.9 Å². The molecule has 1 atom stereocenters. The third-order valence-corrected chi connectivity index (χ3v) is 3.93. The van der Waals surface area contributed by atoms with Gasteiger partial charge in [0, 0.05) is 6.54 Å². The van der Waals surface area contributed by atoms with Crippen LogP contribution in [0.1, 0.15) is 30.4 Å². The second kappa shape index (κ2) is 7.02. The van der Waals surface area contributed by atoms with Gasteiger partial charge in [0.25, 0.3) is 0 Å². The Balaban J connectivity index is 2.06. The molecular formula is C16H18F3NO3. The summed E-state index contributed by atoms with van der Waals surface area (Å²) >= 11 is 0. The lowest BCUT2D eigenvalue weighted by Gasteiger charge is -2.33. The molecule has 0 N–H and O–H groups in total. The summed E-state index contributed by atoms with van der Waals surface area (Å²) in [6, 6.07) is 3.89. The van der Waals surface area contributed by atoms with E-state index < -0.39 is 23.8 Å². The van der Waals surface area contributed by atoms with Gasteiger partial charge in [-0.15, -0.1) is 0 Å². The number of esters is 1. The van der Waals surface area contributed by atoms with E-state index in [1.54, 1.807) is 0 Å². The number of carbonyl (C=O) groups is 2. The topological polar surface area (TPSA) is 46.6 Å². The summed E-state index contributed by atoms with van der Waals surface area (Å²) < 4.78 is 42.3. The number of rotatable bonds is 3. The predicted molar refractivity (Wildman–Crippen MR) is 76.5 cm³/mol. The third-order valence-electron chi connectivity index (χ3n) is 3.93. The molecule has 1 amide bonds. The lowest BCUT2D eigenvalue weighted by molar-refractivity contribution is -0.154. The molecule has 1 aliphatic heterocycles. The molecular weight excluding hydrogens is 311 g/mol. The number of piperidine rings is 1. The van der Waals surface area contributed by atoms with Gasteiger partial charge in [0.2, 0.25) is 5.91 Å². The Bertz CT molecular complexity index is 569. The number of hydrogen-bond acceptors (Lipinski definition) is 3. The van der Waals surface area contributed by atoms with Crippen LogP contribution in [0.3, 0.4) is 0 Å². The van der Waals surface area contributed by atoms with E-state index in [0.29, 0.717) is 18.5 Å². The van der Waals surface area contributed by atoms with Crippen molar-refractivity contribution in [2.45, 2.75) is 37.9 Å². The van der Waals surface area contributed by atoms with Crippen LogP contribution in [0.2, 0.25) is 0 Å². The monoisotopic (exact) mass is 329 g/mol. The Hall–Kier alpha value is -2.05. The molecule has 2 rings (SSSR count). The fourth-order valence-electron chi connectivity index (χ4n) is 2.70. The van der Waals surface area contributed by atoms with Crippen molar-refractivity contribution in [1.29, 1.82) is 0 Å². The first-order valence-electron chi connectivity index (χ1n) is 7.36. The van der Waals surface area contributed by atoms with Gasteiger partial charge in [-0.05, 0) is 37.0 Å². The maximum absolute atomic E-state index is 12.5. The minimum Gasteiger partial charge on any atom is -0.467 e. The number of nitrogens with zero attached hydrogens (tertiary/aromatic N) is 1. The largest absolute Gasteiger partial charge is 0.467 e. The van der Waals surface area contributed by atoms with E-state index in [1.807, 2.05) is 0 Å². The highest BCUT2D eigenvalue weighted by Gasteiger charge is 2.33. The number of benzene rings is 1. The summed E-state index contributed by atoms with van der Waals surface area (Å²) in [6.07, 6.45) is -2.25. The van der Waals surface area contributed by atoms with Crippen LogP contribution in [0, 0.1) is 0 Å². The number of hydrogen-bond donors (Lipinski definition) is 0. The molecule has 1 unspecified atom stereocenters. The van der Waals surface area contributed by atoms with Crippen LogP contribution in [-0.4, -0.2) is 36.5 Å². The van der Waals surface area contributed by atoms with E-state index in [-0.39, 0.29) is 12.3 Å². The molecule has 23 heavy (non-hydrogen) atoms. The average molecular weight is 329 g/mol. The SMILES string of the molecule is COC(=O)C1CCCCN1C(=O)Cc1ccc(C(F)(F)F)cc1. The molecule has 0 aliphatic carbocycles. The first-order valence-corrected chi connectivity index (χ1v) is 7.36. The summed E-state index contributed by atoms with van der Waals surface area (Å²) in [7, 11) is 1.27. The van der Waals surface area contributed by atoms with Crippen molar-refractivity contribution < 1.29 is 27.5 Å². The number of alkyl halides is 3. The summed E-state index contributed by atoms with van der Waals surface area (Å²) in [4.78, 5) is 25.6. The molecule has 1 aliphatic rings. The highest BCUT2D eigenvalue weighted by molar-refractivity contribution is 5.86. The molecule has 7 heteroatoms. The van der Waals surface area contributed by atoms with Crippen molar-refractivity contribution in [1.82, 2.24) is 4.90 Å². The number of ether oxygens (including phenoxy) is 1. The van der Waals surface area contributed by atoms with Crippen molar-refractivity contribution in [3.05, 3.63) is 35.4 Å².